The van der Waals surface area contributed by atoms with Gasteiger partial charge in [0.15, 0.2) is 0 Å². The Balaban J connectivity index is 1.27. The maximum Gasteiger partial charge on any atom is 0.251 e. The van der Waals surface area contributed by atoms with Crippen LogP contribution >= 0.6 is 0 Å². The summed E-state index contributed by atoms with van der Waals surface area (Å²) < 4.78 is 27.7. The van der Waals surface area contributed by atoms with Gasteiger partial charge in [-0.2, -0.15) is 4.31 Å². The third kappa shape index (κ3) is 6.13. The molecule has 0 spiro atoms. The predicted octanol–water partition coefficient (Wildman–Crippen LogP) is 2.80. The van der Waals surface area contributed by atoms with Crippen LogP contribution in [0.1, 0.15) is 36.0 Å². The minimum Gasteiger partial charge on any atom is -0.369 e. The molecule has 8 heteroatoms. The first-order valence-corrected chi connectivity index (χ1v) is 13.4. The highest BCUT2D eigenvalue weighted by molar-refractivity contribution is 7.89. The number of benzene rings is 2. The first-order valence-electron chi connectivity index (χ1n) is 11.9. The highest BCUT2D eigenvalue weighted by Crippen LogP contribution is 2.21. The number of para-hydroxylation sites is 1. The molecule has 0 aromatic heterocycles. The van der Waals surface area contributed by atoms with Crippen molar-refractivity contribution in [1.29, 1.82) is 0 Å². The van der Waals surface area contributed by atoms with E-state index in [0.717, 1.165) is 58.4 Å². The van der Waals surface area contributed by atoms with Gasteiger partial charge in [0.2, 0.25) is 10.0 Å². The molecular weight excluding hydrogens is 436 g/mol. The Labute approximate surface area is 197 Å². The fraction of sp³-hybridized carbons (Fsp3) is 0.480. The summed E-state index contributed by atoms with van der Waals surface area (Å²) in [5.41, 5.74) is 1.64. The molecule has 0 radical (unpaired) electrons. The Hall–Kier alpha value is -2.42. The second kappa shape index (κ2) is 11.1. The lowest BCUT2D eigenvalue weighted by molar-refractivity contribution is 0.0947. The molecule has 0 bridgehead atoms. The van der Waals surface area contributed by atoms with E-state index in [4.69, 9.17) is 0 Å². The molecule has 1 N–H and O–H groups in total. The number of amides is 1. The third-order valence-electron chi connectivity index (χ3n) is 6.51. The monoisotopic (exact) mass is 470 g/mol. The van der Waals surface area contributed by atoms with Crippen LogP contribution in [-0.4, -0.2) is 75.9 Å². The van der Waals surface area contributed by atoms with Gasteiger partial charge in [-0.15, -0.1) is 0 Å². The highest BCUT2D eigenvalue weighted by Gasteiger charge is 2.26. The molecule has 4 rings (SSSR count). The molecule has 2 heterocycles. The number of piperazine rings is 1. The van der Waals surface area contributed by atoms with Gasteiger partial charge in [-0.25, -0.2) is 8.42 Å². The summed E-state index contributed by atoms with van der Waals surface area (Å²) in [5.74, 6) is -0.231. The van der Waals surface area contributed by atoms with E-state index in [1.54, 1.807) is 22.5 Å². The maximum atomic E-state index is 13.0. The standard InChI is InChI=1S/C25H34N4O3S/c30-25(26-13-16-27-17-19-28(20-18-27)23-10-4-3-5-11-23)22-9-8-12-24(21-22)33(31,32)29-14-6-1-2-7-15-29/h3-5,8-12,21H,1-2,6-7,13-20H2,(H,26,30). The summed E-state index contributed by atoms with van der Waals surface area (Å²) >= 11 is 0. The molecule has 2 aromatic rings. The molecule has 0 atom stereocenters. The van der Waals surface area contributed by atoms with E-state index in [1.807, 2.05) is 6.07 Å². The van der Waals surface area contributed by atoms with E-state index < -0.39 is 10.0 Å². The molecule has 1 amide bonds. The van der Waals surface area contributed by atoms with E-state index in [9.17, 15) is 13.2 Å². The Kier molecular flexibility index (Phi) is 8.01. The van der Waals surface area contributed by atoms with Crippen LogP contribution in [0.3, 0.4) is 0 Å². The largest absolute Gasteiger partial charge is 0.369 e. The number of carbonyl (C=O) groups is 1. The molecule has 2 aliphatic rings. The number of carbonyl (C=O) groups excluding carboxylic acids is 1. The fourth-order valence-electron chi connectivity index (χ4n) is 4.53. The zero-order valence-electron chi connectivity index (χ0n) is 19.2. The van der Waals surface area contributed by atoms with E-state index in [2.05, 4.69) is 39.4 Å². The van der Waals surface area contributed by atoms with E-state index >= 15 is 0 Å². The average molecular weight is 471 g/mol. The van der Waals surface area contributed by atoms with Gasteiger partial charge in [0, 0.05) is 63.6 Å². The minimum absolute atomic E-state index is 0.203. The van der Waals surface area contributed by atoms with E-state index in [1.165, 1.54) is 11.8 Å². The quantitative estimate of drug-likeness (QED) is 0.674. The molecule has 0 aliphatic carbocycles. The molecule has 7 nitrogen and oxygen atoms in total. The van der Waals surface area contributed by atoms with Gasteiger partial charge >= 0.3 is 0 Å². The van der Waals surface area contributed by atoms with Gasteiger partial charge in [0.1, 0.15) is 0 Å². The van der Waals surface area contributed by atoms with Crippen molar-refractivity contribution in [2.75, 3.05) is 57.3 Å². The second-order valence-electron chi connectivity index (χ2n) is 8.77. The number of hydrogen-bond acceptors (Lipinski definition) is 5. The maximum absolute atomic E-state index is 13.0. The first kappa shape index (κ1) is 23.7. The van der Waals surface area contributed by atoms with Crippen LogP contribution in [-0.2, 0) is 10.0 Å². The van der Waals surface area contributed by atoms with Crippen LogP contribution in [0, 0.1) is 0 Å². The van der Waals surface area contributed by atoms with Crippen LogP contribution in [0.25, 0.3) is 0 Å². The summed E-state index contributed by atoms with van der Waals surface area (Å²) in [4.78, 5) is 17.6. The second-order valence-corrected chi connectivity index (χ2v) is 10.7. The molecular formula is C25H34N4O3S. The third-order valence-corrected chi connectivity index (χ3v) is 8.40. The van der Waals surface area contributed by atoms with Gasteiger partial charge in [-0.1, -0.05) is 37.1 Å². The summed E-state index contributed by atoms with van der Waals surface area (Å²) in [6.07, 6.45) is 3.91. The lowest BCUT2D eigenvalue weighted by Crippen LogP contribution is -2.48. The Bertz CT molecular complexity index is 1010. The number of sulfonamides is 1. The molecule has 2 aromatic carbocycles. The summed E-state index contributed by atoms with van der Waals surface area (Å²) in [7, 11) is -3.57. The Morgan fingerprint density at radius 3 is 2.21 bits per heavy atom. The number of anilines is 1. The zero-order valence-corrected chi connectivity index (χ0v) is 20.0. The van der Waals surface area contributed by atoms with Gasteiger partial charge in [0.05, 0.1) is 4.90 Å². The first-order chi connectivity index (χ1) is 16.0. The van der Waals surface area contributed by atoms with Crippen molar-refractivity contribution in [2.24, 2.45) is 0 Å². The minimum atomic E-state index is -3.57. The number of rotatable bonds is 7. The van der Waals surface area contributed by atoms with Crippen molar-refractivity contribution in [2.45, 2.75) is 30.6 Å². The van der Waals surface area contributed by atoms with Gasteiger partial charge < -0.3 is 10.2 Å². The number of nitrogens with zero attached hydrogens (tertiary/aromatic N) is 3. The fourth-order valence-corrected chi connectivity index (χ4v) is 6.09. The Morgan fingerprint density at radius 1 is 0.818 bits per heavy atom. The topological polar surface area (TPSA) is 73.0 Å². The van der Waals surface area contributed by atoms with Crippen molar-refractivity contribution in [3.63, 3.8) is 0 Å². The van der Waals surface area contributed by atoms with Crippen LogP contribution < -0.4 is 10.2 Å². The number of hydrogen-bond donors (Lipinski definition) is 1. The molecule has 2 saturated heterocycles. The molecule has 33 heavy (non-hydrogen) atoms. The van der Waals surface area contributed by atoms with E-state index in [0.29, 0.717) is 25.2 Å². The molecule has 2 aliphatic heterocycles. The lowest BCUT2D eigenvalue weighted by Gasteiger charge is -2.36. The Morgan fingerprint density at radius 2 is 1.52 bits per heavy atom. The highest BCUT2D eigenvalue weighted by atomic mass is 32.2. The molecule has 0 unspecified atom stereocenters. The van der Waals surface area contributed by atoms with Crippen LogP contribution in [0.4, 0.5) is 5.69 Å². The van der Waals surface area contributed by atoms with Crippen LogP contribution in [0.2, 0.25) is 0 Å². The van der Waals surface area contributed by atoms with Crippen LogP contribution in [0.5, 0.6) is 0 Å². The number of nitrogens with one attached hydrogen (secondary N) is 1. The average Bonchev–Trinajstić information content (AvgIpc) is 3.15. The van der Waals surface area contributed by atoms with Crippen molar-refractivity contribution in [3.05, 3.63) is 60.2 Å². The molecule has 178 valence electrons. The summed E-state index contributed by atoms with van der Waals surface area (Å²) in [6, 6.07) is 16.8. The van der Waals surface area contributed by atoms with Crippen molar-refractivity contribution in [3.8, 4) is 0 Å². The summed E-state index contributed by atoms with van der Waals surface area (Å²) in [5, 5.41) is 2.95. The van der Waals surface area contributed by atoms with E-state index in [-0.39, 0.29) is 10.8 Å². The van der Waals surface area contributed by atoms with Crippen molar-refractivity contribution < 1.29 is 13.2 Å². The van der Waals surface area contributed by atoms with Gasteiger partial charge in [-0.05, 0) is 43.2 Å². The molecule has 2 fully saturated rings. The van der Waals surface area contributed by atoms with Crippen molar-refractivity contribution >= 4 is 21.6 Å². The molecule has 0 saturated carbocycles. The van der Waals surface area contributed by atoms with Crippen molar-refractivity contribution in [1.82, 2.24) is 14.5 Å². The van der Waals surface area contributed by atoms with Gasteiger partial charge in [-0.3, -0.25) is 9.69 Å². The zero-order chi connectivity index (χ0) is 23.1. The smallest absolute Gasteiger partial charge is 0.251 e. The summed E-state index contributed by atoms with van der Waals surface area (Å²) in [6.45, 7) is 6.26. The van der Waals surface area contributed by atoms with Gasteiger partial charge in [0.25, 0.3) is 5.91 Å². The van der Waals surface area contributed by atoms with Crippen LogP contribution in [0.15, 0.2) is 59.5 Å². The predicted molar refractivity (Wildman–Crippen MR) is 131 cm³/mol. The normalized spacial score (nSPS) is 18.6. The lowest BCUT2D eigenvalue weighted by atomic mass is 10.2. The SMILES string of the molecule is O=C(NCCN1CCN(c2ccccc2)CC1)c1cccc(S(=O)(=O)N2CCCCCC2)c1.